The van der Waals surface area contributed by atoms with Gasteiger partial charge >= 0.3 is 0 Å². The van der Waals surface area contributed by atoms with Crippen LogP contribution in [0.3, 0.4) is 0 Å². The van der Waals surface area contributed by atoms with E-state index in [9.17, 15) is 4.79 Å². The van der Waals surface area contributed by atoms with Gasteiger partial charge in [-0.2, -0.15) is 5.10 Å². The number of aromatic amines is 1. The summed E-state index contributed by atoms with van der Waals surface area (Å²) in [7, 11) is 4.98. The minimum Gasteiger partial charge on any atom is -0.497 e. The Kier molecular flexibility index (Phi) is 6.86. The Morgan fingerprint density at radius 1 is 1.08 bits per heavy atom. The van der Waals surface area contributed by atoms with Crippen molar-refractivity contribution in [2.45, 2.75) is 12.5 Å². The van der Waals surface area contributed by atoms with Crippen LogP contribution in [0.2, 0.25) is 5.02 Å². The normalized spacial score (nSPS) is 15.0. The first kappa shape index (κ1) is 24.8. The van der Waals surface area contributed by atoms with Gasteiger partial charge in [-0.1, -0.05) is 41.9 Å². The number of hydrogen-bond acceptors (Lipinski definition) is 5. The van der Waals surface area contributed by atoms with Crippen LogP contribution in [0.5, 0.6) is 11.5 Å². The van der Waals surface area contributed by atoms with Gasteiger partial charge in [-0.05, 0) is 54.2 Å². The van der Waals surface area contributed by atoms with Crippen LogP contribution in [0.15, 0.2) is 76.6 Å². The Bertz CT molecular complexity index is 1590. The molecule has 1 aromatic heterocycles. The van der Waals surface area contributed by atoms with E-state index in [1.807, 2.05) is 60.7 Å². The molecule has 1 unspecified atom stereocenters. The lowest BCUT2D eigenvalue weighted by Gasteiger charge is -2.25. The summed E-state index contributed by atoms with van der Waals surface area (Å²) in [5.74, 6) is 1.36. The van der Waals surface area contributed by atoms with E-state index in [1.54, 1.807) is 32.3 Å². The average molecular weight is 533 g/mol. The highest BCUT2D eigenvalue weighted by atomic mass is 35.5. The second-order valence-electron chi connectivity index (χ2n) is 8.53. The van der Waals surface area contributed by atoms with Gasteiger partial charge in [0.25, 0.3) is 5.56 Å². The highest BCUT2D eigenvalue weighted by Gasteiger charge is 2.35. The summed E-state index contributed by atoms with van der Waals surface area (Å²) >= 11 is 12.0. The topological polar surface area (TPSA) is 79.0 Å². The molecule has 188 valence electrons. The third kappa shape index (κ3) is 4.54. The van der Waals surface area contributed by atoms with E-state index in [4.69, 9.17) is 38.4 Å². The van der Waals surface area contributed by atoms with Gasteiger partial charge < -0.3 is 19.8 Å². The van der Waals surface area contributed by atoms with E-state index in [0.29, 0.717) is 44.8 Å². The maximum absolute atomic E-state index is 13.6. The molecule has 7 nitrogen and oxygen atoms in total. The number of ether oxygens (including phenoxy) is 2. The van der Waals surface area contributed by atoms with E-state index in [2.05, 4.69) is 10.3 Å². The van der Waals surface area contributed by atoms with Crippen molar-refractivity contribution < 1.29 is 9.47 Å². The molecule has 9 heteroatoms. The number of H-pyrrole nitrogens is 1. The van der Waals surface area contributed by atoms with Crippen LogP contribution in [-0.4, -0.2) is 42.1 Å². The smallest absolute Gasteiger partial charge is 0.258 e. The van der Waals surface area contributed by atoms with Crippen LogP contribution in [0.1, 0.15) is 23.6 Å². The fourth-order valence-electron chi connectivity index (χ4n) is 4.75. The van der Waals surface area contributed by atoms with Crippen molar-refractivity contribution in [2.24, 2.45) is 5.10 Å². The third-order valence-electron chi connectivity index (χ3n) is 6.46. The molecule has 0 radical (unpaired) electrons. The molecule has 3 aromatic carbocycles. The average Bonchev–Trinajstić information content (AvgIpc) is 3.37. The first-order valence-corrected chi connectivity index (χ1v) is 12.5. The van der Waals surface area contributed by atoms with E-state index >= 15 is 0 Å². The van der Waals surface area contributed by atoms with Crippen LogP contribution in [0, 0.1) is 0 Å². The molecule has 37 heavy (non-hydrogen) atoms. The molecule has 0 fully saturated rings. The molecule has 2 heterocycles. The largest absolute Gasteiger partial charge is 0.497 e. The zero-order chi connectivity index (χ0) is 26.1. The summed E-state index contributed by atoms with van der Waals surface area (Å²) < 4.78 is 11.1. The number of rotatable bonds is 5. The van der Waals surface area contributed by atoms with Gasteiger partial charge in [0.1, 0.15) is 11.5 Å². The summed E-state index contributed by atoms with van der Waals surface area (Å²) in [6.45, 7) is 0. The van der Waals surface area contributed by atoms with Crippen LogP contribution >= 0.6 is 23.8 Å². The number of benzene rings is 3. The number of hydrazone groups is 1. The summed E-state index contributed by atoms with van der Waals surface area (Å²) in [4.78, 5) is 16.7. The van der Waals surface area contributed by atoms with E-state index in [1.165, 1.54) is 0 Å². The van der Waals surface area contributed by atoms with Gasteiger partial charge in [0.2, 0.25) is 0 Å². The Hall–Kier alpha value is -3.88. The van der Waals surface area contributed by atoms with Crippen molar-refractivity contribution in [3.63, 3.8) is 0 Å². The minimum absolute atomic E-state index is 0.235. The summed E-state index contributed by atoms with van der Waals surface area (Å²) in [6.07, 6.45) is 0.417. The SMILES string of the molecule is CNC(=S)N1N=C(c2c(-c3ccccc3)c3cc(Cl)ccc3[nH]c2=O)CC1c1cc(OC)ccc1OC. The number of halogens is 1. The fraction of sp³-hybridized carbons (Fsp3) is 0.179. The van der Waals surface area contributed by atoms with Gasteiger partial charge in [0, 0.05) is 40.5 Å². The monoisotopic (exact) mass is 532 g/mol. The van der Waals surface area contributed by atoms with E-state index < -0.39 is 0 Å². The second kappa shape index (κ2) is 10.2. The quantitative estimate of drug-likeness (QED) is 0.329. The molecule has 0 amide bonds. The lowest BCUT2D eigenvalue weighted by Crippen LogP contribution is -2.34. The molecular weight excluding hydrogens is 508 g/mol. The molecule has 1 aliphatic heterocycles. The van der Waals surface area contributed by atoms with Crippen LogP contribution < -0.4 is 20.3 Å². The standard InChI is InChI=1S/C28H25ClN4O3S/c1-30-28(37)33-23(20-14-18(35-2)10-12-24(20)36-3)15-22(32-33)26-25(16-7-5-4-6-8-16)19-13-17(29)9-11-21(19)31-27(26)34/h4-14,23H,15H2,1-3H3,(H,30,37)(H,31,34). The lowest BCUT2D eigenvalue weighted by molar-refractivity contribution is 0.341. The minimum atomic E-state index is -0.321. The van der Waals surface area contributed by atoms with Gasteiger partial charge in [0.05, 0.1) is 31.5 Å². The van der Waals surface area contributed by atoms with Crippen molar-refractivity contribution >= 4 is 45.5 Å². The van der Waals surface area contributed by atoms with Crippen molar-refractivity contribution in [2.75, 3.05) is 21.3 Å². The third-order valence-corrected chi connectivity index (χ3v) is 7.08. The first-order chi connectivity index (χ1) is 17.9. The van der Waals surface area contributed by atoms with Crippen molar-refractivity contribution in [1.82, 2.24) is 15.3 Å². The fourth-order valence-corrected chi connectivity index (χ4v) is 5.09. The number of thiocarbonyl (C=S) groups is 1. The van der Waals surface area contributed by atoms with Crippen molar-refractivity contribution in [3.05, 3.63) is 93.2 Å². The maximum Gasteiger partial charge on any atom is 0.258 e. The van der Waals surface area contributed by atoms with Crippen molar-refractivity contribution in [3.8, 4) is 22.6 Å². The van der Waals surface area contributed by atoms with Gasteiger partial charge in [0.15, 0.2) is 5.11 Å². The molecular formula is C28H25ClN4O3S. The van der Waals surface area contributed by atoms with Crippen LogP contribution in [0.25, 0.3) is 22.0 Å². The van der Waals surface area contributed by atoms with Crippen LogP contribution in [0.4, 0.5) is 0 Å². The zero-order valence-electron chi connectivity index (χ0n) is 20.5. The van der Waals surface area contributed by atoms with Gasteiger partial charge in [-0.15, -0.1) is 0 Å². The molecule has 4 aromatic rings. The molecule has 1 aliphatic rings. The molecule has 0 bridgehead atoms. The molecule has 0 saturated heterocycles. The Morgan fingerprint density at radius 3 is 2.57 bits per heavy atom. The molecule has 1 atom stereocenters. The number of nitrogens with one attached hydrogen (secondary N) is 2. The molecule has 0 aliphatic carbocycles. The Morgan fingerprint density at radius 2 is 1.86 bits per heavy atom. The van der Waals surface area contributed by atoms with E-state index in [-0.39, 0.29) is 11.6 Å². The Balaban J connectivity index is 1.74. The highest BCUT2D eigenvalue weighted by molar-refractivity contribution is 7.80. The number of methoxy groups -OCH3 is 2. The van der Waals surface area contributed by atoms with E-state index in [0.717, 1.165) is 22.1 Å². The summed E-state index contributed by atoms with van der Waals surface area (Å²) in [6, 6.07) is 20.5. The number of pyridine rings is 1. The van der Waals surface area contributed by atoms with Crippen LogP contribution in [-0.2, 0) is 0 Å². The second-order valence-corrected chi connectivity index (χ2v) is 9.36. The highest BCUT2D eigenvalue weighted by Crippen LogP contribution is 2.41. The Labute approximate surface area is 224 Å². The van der Waals surface area contributed by atoms with Gasteiger partial charge in [-0.3, -0.25) is 4.79 Å². The number of aromatic nitrogens is 1. The summed E-state index contributed by atoms with van der Waals surface area (Å²) in [5.41, 5.74) is 4.06. The summed E-state index contributed by atoms with van der Waals surface area (Å²) in [5, 5.41) is 11.5. The molecule has 0 spiro atoms. The predicted molar refractivity (Wildman–Crippen MR) is 152 cm³/mol. The number of fused-ring (bicyclic) bond motifs is 1. The van der Waals surface area contributed by atoms with Gasteiger partial charge in [-0.25, -0.2) is 5.01 Å². The molecule has 0 saturated carbocycles. The molecule has 5 rings (SSSR count). The molecule has 2 N–H and O–H groups in total. The lowest BCUT2D eigenvalue weighted by atomic mass is 9.91. The van der Waals surface area contributed by atoms with Crippen molar-refractivity contribution in [1.29, 1.82) is 0 Å². The predicted octanol–water partition coefficient (Wildman–Crippen LogP) is 5.52. The first-order valence-electron chi connectivity index (χ1n) is 11.7. The number of nitrogens with zero attached hydrogens (tertiary/aromatic N) is 2. The zero-order valence-corrected chi connectivity index (χ0v) is 22.1. The maximum atomic E-state index is 13.6. The number of hydrogen-bond donors (Lipinski definition) is 2.